The summed E-state index contributed by atoms with van der Waals surface area (Å²) in [7, 11) is 3.38. The number of carbonyl (C=O) groups is 1. The number of carbonyl (C=O) groups excluding carboxylic acids is 1. The highest BCUT2D eigenvalue weighted by molar-refractivity contribution is 6.31. The van der Waals surface area contributed by atoms with Gasteiger partial charge in [0.1, 0.15) is 0 Å². The summed E-state index contributed by atoms with van der Waals surface area (Å²) in [5.74, 6) is 0.0746. The van der Waals surface area contributed by atoms with E-state index < -0.39 is 0 Å². The van der Waals surface area contributed by atoms with Gasteiger partial charge < -0.3 is 15.4 Å². The third-order valence-electron chi connectivity index (χ3n) is 2.64. The van der Waals surface area contributed by atoms with Crippen LogP contribution in [0, 0.1) is 0 Å². The van der Waals surface area contributed by atoms with Crippen molar-refractivity contribution < 1.29 is 9.53 Å². The first-order valence-electron chi connectivity index (χ1n) is 5.81. The number of ether oxygens (including phenoxy) is 1. The monoisotopic (exact) mass is 270 g/mol. The second-order valence-corrected chi connectivity index (χ2v) is 4.60. The summed E-state index contributed by atoms with van der Waals surface area (Å²) < 4.78 is 4.92. The molecule has 4 nitrogen and oxygen atoms in total. The average molecular weight is 271 g/mol. The SMILES string of the molecule is COCCCC(=O)N(C)Cc1cc(N)ccc1Cl. The first-order chi connectivity index (χ1) is 8.54. The normalized spacial score (nSPS) is 10.4. The van der Waals surface area contributed by atoms with Crippen molar-refractivity contribution in [2.75, 3.05) is 26.5 Å². The van der Waals surface area contributed by atoms with Crippen molar-refractivity contribution in [2.45, 2.75) is 19.4 Å². The molecule has 1 aromatic rings. The van der Waals surface area contributed by atoms with Crippen LogP contribution in [-0.4, -0.2) is 31.6 Å². The lowest BCUT2D eigenvalue weighted by Gasteiger charge is -2.18. The molecular weight excluding hydrogens is 252 g/mol. The van der Waals surface area contributed by atoms with E-state index >= 15 is 0 Å². The molecule has 5 heteroatoms. The maximum Gasteiger partial charge on any atom is 0.222 e. The lowest BCUT2D eigenvalue weighted by atomic mass is 10.2. The summed E-state index contributed by atoms with van der Waals surface area (Å²) in [5, 5.41) is 0.626. The van der Waals surface area contributed by atoms with Gasteiger partial charge in [0.2, 0.25) is 5.91 Å². The number of hydrogen-bond donors (Lipinski definition) is 1. The molecule has 2 N–H and O–H groups in total. The summed E-state index contributed by atoms with van der Waals surface area (Å²) in [6.45, 7) is 1.06. The molecule has 0 aliphatic heterocycles. The molecule has 1 amide bonds. The highest BCUT2D eigenvalue weighted by atomic mass is 35.5. The number of hydrogen-bond acceptors (Lipinski definition) is 3. The Hall–Kier alpha value is -1.26. The van der Waals surface area contributed by atoms with Crippen LogP contribution in [0.3, 0.4) is 0 Å². The highest BCUT2D eigenvalue weighted by Crippen LogP contribution is 2.20. The molecule has 0 aliphatic rings. The Morgan fingerprint density at radius 2 is 2.22 bits per heavy atom. The molecule has 0 radical (unpaired) electrons. The minimum absolute atomic E-state index is 0.0746. The highest BCUT2D eigenvalue weighted by Gasteiger charge is 2.11. The van der Waals surface area contributed by atoms with Gasteiger partial charge in [-0.25, -0.2) is 0 Å². The minimum atomic E-state index is 0.0746. The van der Waals surface area contributed by atoms with Gasteiger partial charge in [-0.15, -0.1) is 0 Å². The summed E-state index contributed by atoms with van der Waals surface area (Å²) in [6, 6.07) is 5.28. The van der Waals surface area contributed by atoms with E-state index in [1.165, 1.54) is 0 Å². The van der Waals surface area contributed by atoms with E-state index in [2.05, 4.69) is 0 Å². The number of methoxy groups -OCH3 is 1. The van der Waals surface area contributed by atoms with Crippen molar-refractivity contribution in [3.8, 4) is 0 Å². The minimum Gasteiger partial charge on any atom is -0.399 e. The summed E-state index contributed by atoms with van der Waals surface area (Å²) >= 11 is 6.06. The van der Waals surface area contributed by atoms with Gasteiger partial charge in [-0.2, -0.15) is 0 Å². The first kappa shape index (κ1) is 14.8. The Morgan fingerprint density at radius 3 is 2.89 bits per heavy atom. The largest absolute Gasteiger partial charge is 0.399 e. The Kier molecular flexibility index (Phi) is 5.95. The van der Waals surface area contributed by atoms with Crippen LogP contribution in [0.2, 0.25) is 5.02 Å². The number of benzene rings is 1. The molecule has 18 heavy (non-hydrogen) atoms. The second kappa shape index (κ2) is 7.24. The average Bonchev–Trinajstić information content (AvgIpc) is 2.34. The number of amides is 1. The molecule has 0 aliphatic carbocycles. The Labute approximate surface area is 113 Å². The molecular formula is C13H19ClN2O2. The molecule has 0 saturated heterocycles. The zero-order valence-corrected chi connectivity index (χ0v) is 11.5. The molecule has 0 fully saturated rings. The molecule has 1 aromatic carbocycles. The fourth-order valence-corrected chi connectivity index (χ4v) is 1.80. The van der Waals surface area contributed by atoms with Crippen LogP contribution < -0.4 is 5.73 Å². The summed E-state index contributed by atoms with van der Waals surface area (Å²) in [6.07, 6.45) is 1.20. The molecule has 0 spiro atoms. The Morgan fingerprint density at radius 1 is 1.50 bits per heavy atom. The van der Waals surface area contributed by atoms with E-state index in [9.17, 15) is 4.79 Å². The van der Waals surface area contributed by atoms with Gasteiger partial charge in [0.05, 0.1) is 0 Å². The number of halogens is 1. The van der Waals surface area contributed by atoms with Crippen LogP contribution in [0.25, 0.3) is 0 Å². The zero-order valence-electron chi connectivity index (χ0n) is 10.8. The van der Waals surface area contributed by atoms with Crippen molar-refractivity contribution in [3.05, 3.63) is 28.8 Å². The van der Waals surface area contributed by atoms with Gasteiger partial charge in [-0.05, 0) is 30.2 Å². The van der Waals surface area contributed by atoms with Crippen LogP contribution in [0.4, 0.5) is 5.69 Å². The number of rotatable bonds is 6. The van der Waals surface area contributed by atoms with Crippen LogP contribution >= 0.6 is 11.6 Å². The van der Waals surface area contributed by atoms with Crippen molar-refractivity contribution in [1.29, 1.82) is 0 Å². The van der Waals surface area contributed by atoms with Crippen LogP contribution in [0.15, 0.2) is 18.2 Å². The third kappa shape index (κ3) is 4.55. The first-order valence-corrected chi connectivity index (χ1v) is 6.19. The van der Waals surface area contributed by atoms with E-state index in [-0.39, 0.29) is 5.91 Å². The Bertz CT molecular complexity index is 410. The second-order valence-electron chi connectivity index (χ2n) is 4.20. The molecule has 0 heterocycles. The topological polar surface area (TPSA) is 55.6 Å². The number of nitrogens with two attached hydrogens (primary N) is 1. The predicted molar refractivity (Wildman–Crippen MR) is 73.4 cm³/mol. The smallest absolute Gasteiger partial charge is 0.222 e. The quantitative estimate of drug-likeness (QED) is 0.637. The van der Waals surface area contributed by atoms with Crippen molar-refractivity contribution in [1.82, 2.24) is 4.90 Å². The molecule has 0 unspecified atom stereocenters. The van der Waals surface area contributed by atoms with E-state index in [0.717, 1.165) is 12.0 Å². The lowest BCUT2D eigenvalue weighted by molar-refractivity contribution is -0.130. The van der Waals surface area contributed by atoms with Gasteiger partial charge in [-0.3, -0.25) is 4.79 Å². The van der Waals surface area contributed by atoms with Gasteiger partial charge >= 0.3 is 0 Å². The zero-order chi connectivity index (χ0) is 13.5. The lowest BCUT2D eigenvalue weighted by Crippen LogP contribution is -2.26. The molecule has 0 bridgehead atoms. The summed E-state index contributed by atoms with van der Waals surface area (Å²) in [5.41, 5.74) is 7.21. The van der Waals surface area contributed by atoms with Crippen molar-refractivity contribution >= 4 is 23.2 Å². The van der Waals surface area contributed by atoms with E-state index in [0.29, 0.717) is 30.3 Å². The fourth-order valence-electron chi connectivity index (χ4n) is 1.62. The Balaban J connectivity index is 2.55. The van der Waals surface area contributed by atoms with Gasteiger partial charge in [0.15, 0.2) is 0 Å². The van der Waals surface area contributed by atoms with Crippen LogP contribution in [-0.2, 0) is 16.1 Å². The maximum atomic E-state index is 11.8. The molecule has 0 saturated carbocycles. The number of anilines is 1. The van der Waals surface area contributed by atoms with Crippen LogP contribution in [0.5, 0.6) is 0 Å². The molecule has 100 valence electrons. The van der Waals surface area contributed by atoms with Crippen molar-refractivity contribution in [3.63, 3.8) is 0 Å². The molecule has 1 rings (SSSR count). The number of nitrogen functional groups attached to an aromatic ring is 1. The molecule has 0 atom stereocenters. The van der Waals surface area contributed by atoms with E-state index in [1.807, 2.05) is 0 Å². The van der Waals surface area contributed by atoms with Gasteiger partial charge in [0, 0.05) is 44.4 Å². The predicted octanol–water partition coefficient (Wildman–Crippen LogP) is 2.31. The van der Waals surface area contributed by atoms with Gasteiger partial charge in [-0.1, -0.05) is 11.6 Å². The summed E-state index contributed by atoms with van der Waals surface area (Å²) in [4.78, 5) is 13.5. The van der Waals surface area contributed by atoms with Crippen molar-refractivity contribution in [2.24, 2.45) is 0 Å². The van der Waals surface area contributed by atoms with Gasteiger partial charge in [0.25, 0.3) is 0 Å². The third-order valence-corrected chi connectivity index (χ3v) is 3.01. The molecule has 0 aromatic heterocycles. The van der Waals surface area contributed by atoms with E-state index in [4.69, 9.17) is 22.1 Å². The fraction of sp³-hybridized carbons (Fsp3) is 0.462. The van der Waals surface area contributed by atoms with Crippen LogP contribution in [0.1, 0.15) is 18.4 Å². The number of nitrogens with zero attached hydrogens (tertiary/aromatic N) is 1. The van der Waals surface area contributed by atoms with E-state index in [1.54, 1.807) is 37.3 Å². The maximum absolute atomic E-state index is 11.8. The standard InChI is InChI=1S/C13H19ClN2O2/c1-16(13(17)4-3-7-18-2)9-10-8-11(15)5-6-12(10)14/h5-6,8H,3-4,7,9,15H2,1-2H3.